The average Bonchev–Trinajstić information content (AvgIpc) is 3.00. The van der Waals surface area contributed by atoms with Gasteiger partial charge in [0.25, 0.3) is 0 Å². The average molecular weight is 445 g/mol. The first-order chi connectivity index (χ1) is 16.0. The largest absolute Gasteiger partial charge is 0.493 e. The Morgan fingerprint density at radius 3 is 2.45 bits per heavy atom. The van der Waals surface area contributed by atoms with Crippen LogP contribution in [0.3, 0.4) is 0 Å². The van der Waals surface area contributed by atoms with Crippen LogP contribution in [0.15, 0.2) is 60.8 Å². The van der Waals surface area contributed by atoms with E-state index in [9.17, 15) is 4.79 Å². The first-order valence-corrected chi connectivity index (χ1v) is 11.4. The minimum Gasteiger partial charge on any atom is -0.493 e. The molecule has 2 unspecified atom stereocenters. The molecule has 33 heavy (non-hydrogen) atoms. The quantitative estimate of drug-likeness (QED) is 0.473. The van der Waals surface area contributed by atoms with E-state index in [0.717, 1.165) is 17.5 Å². The lowest BCUT2D eigenvalue weighted by Gasteiger charge is -2.39. The van der Waals surface area contributed by atoms with Gasteiger partial charge in [-0.15, -0.1) is 0 Å². The molecule has 1 amide bonds. The molecule has 2 atom stereocenters. The first kappa shape index (κ1) is 22.9. The number of methoxy groups -OCH3 is 2. The number of amides is 1. The Balaban J connectivity index is 1.64. The number of hydrogen-bond acceptors (Lipinski definition) is 4. The zero-order chi connectivity index (χ0) is 23.5. The Kier molecular flexibility index (Phi) is 6.70. The van der Waals surface area contributed by atoms with Gasteiger partial charge in [0.15, 0.2) is 11.5 Å². The predicted octanol–water partition coefficient (Wildman–Crippen LogP) is 5.64. The van der Waals surface area contributed by atoms with Crippen LogP contribution in [0.1, 0.15) is 43.0 Å². The van der Waals surface area contributed by atoms with E-state index >= 15 is 0 Å². The molecule has 0 saturated carbocycles. The molecule has 0 fully saturated rings. The van der Waals surface area contributed by atoms with Crippen LogP contribution < -0.4 is 9.47 Å². The van der Waals surface area contributed by atoms with Crippen molar-refractivity contribution in [3.63, 3.8) is 0 Å². The normalized spacial score (nSPS) is 15.3. The molecule has 172 valence electrons. The molecule has 1 aliphatic heterocycles. The highest BCUT2D eigenvalue weighted by Gasteiger charge is 2.30. The van der Waals surface area contributed by atoms with E-state index in [0.29, 0.717) is 17.9 Å². The molecule has 0 aromatic heterocycles. The van der Waals surface area contributed by atoms with E-state index in [-0.39, 0.29) is 18.1 Å². The fourth-order valence-electron chi connectivity index (χ4n) is 4.78. The molecule has 0 saturated heterocycles. The smallest absolute Gasteiger partial charge is 0.232 e. The number of fused-ring (bicyclic) bond motifs is 2. The molecule has 0 spiro atoms. The molecule has 1 heterocycles. The predicted molar refractivity (Wildman–Crippen MR) is 133 cm³/mol. The van der Waals surface area contributed by atoms with Crippen molar-refractivity contribution in [1.29, 1.82) is 0 Å². The second kappa shape index (κ2) is 9.67. The maximum atomic E-state index is 13.4. The van der Waals surface area contributed by atoms with Crippen LogP contribution in [0.4, 0.5) is 0 Å². The van der Waals surface area contributed by atoms with Gasteiger partial charge in [-0.2, -0.15) is 0 Å². The highest BCUT2D eigenvalue weighted by Crippen LogP contribution is 2.34. The Morgan fingerprint density at radius 2 is 1.73 bits per heavy atom. The van der Waals surface area contributed by atoms with Crippen molar-refractivity contribution >= 4 is 22.8 Å². The standard InChI is InChI=1S/C28H32N2O3/c1-6-27(29(3)19(2)23-13-9-11-20-10-7-8-12-24(20)23)30-15-14-21-16-25(32-4)26(33-5)17-22(21)18-28(30)31/h7-17,19,27H,6,18H2,1-5H3. The highest BCUT2D eigenvalue weighted by molar-refractivity contribution is 5.86. The molecule has 1 aliphatic rings. The van der Waals surface area contributed by atoms with E-state index in [4.69, 9.17) is 9.47 Å². The molecule has 3 aromatic rings. The molecule has 0 radical (unpaired) electrons. The van der Waals surface area contributed by atoms with Gasteiger partial charge in [-0.3, -0.25) is 9.69 Å². The number of hydrogen-bond donors (Lipinski definition) is 0. The maximum absolute atomic E-state index is 13.4. The van der Waals surface area contributed by atoms with Gasteiger partial charge in [-0.05, 0) is 66.1 Å². The van der Waals surface area contributed by atoms with E-state index < -0.39 is 0 Å². The van der Waals surface area contributed by atoms with Gasteiger partial charge in [-0.25, -0.2) is 0 Å². The van der Waals surface area contributed by atoms with Crippen molar-refractivity contribution in [2.75, 3.05) is 21.3 Å². The molecule has 4 rings (SSSR count). The minimum atomic E-state index is -0.0687. The lowest BCUT2D eigenvalue weighted by atomic mass is 9.98. The van der Waals surface area contributed by atoms with Crippen molar-refractivity contribution in [3.05, 3.63) is 77.5 Å². The number of benzene rings is 3. The van der Waals surface area contributed by atoms with Crippen molar-refractivity contribution in [2.45, 2.75) is 38.9 Å². The summed E-state index contributed by atoms with van der Waals surface area (Å²) in [5.74, 6) is 1.37. The Hall–Kier alpha value is -3.31. The van der Waals surface area contributed by atoms with Gasteiger partial charge in [0, 0.05) is 12.2 Å². The van der Waals surface area contributed by atoms with E-state index in [2.05, 4.69) is 68.3 Å². The summed E-state index contributed by atoms with van der Waals surface area (Å²) in [7, 11) is 5.34. The molecule has 3 aromatic carbocycles. The third-order valence-corrected chi connectivity index (χ3v) is 6.73. The van der Waals surface area contributed by atoms with E-state index in [1.54, 1.807) is 14.2 Å². The summed E-state index contributed by atoms with van der Waals surface area (Å²) in [5, 5.41) is 2.48. The third-order valence-electron chi connectivity index (χ3n) is 6.73. The summed E-state index contributed by atoms with van der Waals surface area (Å²) in [4.78, 5) is 17.6. The van der Waals surface area contributed by atoms with Crippen LogP contribution in [0.2, 0.25) is 0 Å². The van der Waals surface area contributed by atoms with Crippen LogP contribution in [0, 0.1) is 0 Å². The topological polar surface area (TPSA) is 42.0 Å². The Labute approximate surface area is 196 Å². The number of rotatable bonds is 7. The number of ether oxygens (including phenoxy) is 2. The van der Waals surface area contributed by atoms with Crippen LogP contribution >= 0.6 is 0 Å². The number of carbonyl (C=O) groups is 1. The monoisotopic (exact) mass is 444 g/mol. The lowest BCUT2D eigenvalue weighted by molar-refractivity contribution is -0.133. The molecular weight excluding hydrogens is 412 g/mol. The van der Waals surface area contributed by atoms with Crippen molar-refractivity contribution < 1.29 is 14.3 Å². The zero-order valence-corrected chi connectivity index (χ0v) is 20.0. The highest BCUT2D eigenvalue weighted by atomic mass is 16.5. The van der Waals surface area contributed by atoms with E-state index in [1.807, 2.05) is 29.3 Å². The summed E-state index contributed by atoms with van der Waals surface area (Å²) in [6.45, 7) is 4.34. The molecule has 5 heteroatoms. The second-order valence-corrected chi connectivity index (χ2v) is 8.50. The van der Waals surface area contributed by atoms with Gasteiger partial charge in [-0.1, -0.05) is 49.4 Å². The molecule has 0 N–H and O–H groups in total. The summed E-state index contributed by atoms with van der Waals surface area (Å²) in [5.41, 5.74) is 3.18. The van der Waals surface area contributed by atoms with Crippen LogP contribution in [0.25, 0.3) is 16.8 Å². The summed E-state index contributed by atoms with van der Waals surface area (Å²) in [6, 6.07) is 18.9. The summed E-state index contributed by atoms with van der Waals surface area (Å²) >= 11 is 0. The first-order valence-electron chi connectivity index (χ1n) is 11.4. The maximum Gasteiger partial charge on any atom is 0.232 e. The third kappa shape index (κ3) is 4.33. The van der Waals surface area contributed by atoms with Gasteiger partial charge < -0.3 is 14.4 Å². The van der Waals surface area contributed by atoms with Gasteiger partial charge in [0.2, 0.25) is 5.91 Å². The summed E-state index contributed by atoms with van der Waals surface area (Å²) < 4.78 is 10.9. The summed E-state index contributed by atoms with van der Waals surface area (Å²) in [6.07, 6.45) is 4.98. The molecular formula is C28H32N2O3. The SMILES string of the molecule is CCC(N1C=Cc2cc(OC)c(OC)cc2CC1=O)N(C)C(C)c1cccc2ccccc12. The van der Waals surface area contributed by atoms with Crippen molar-refractivity contribution in [2.24, 2.45) is 0 Å². The fourth-order valence-corrected chi connectivity index (χ4v) is 4.78. The van der Waals surface area contributed by atoms with Crippen molar-refractivity contribution in [3.8, 4) is 11.5 Å². The number of carbonyl (C=O) groups excluding carboxylic acids is 1. The minimum absolute atomic E-state index is 0.0687. The zero-order valence-electron chi connectivity index (χ0n) is 20.0. The van der Waals surface area contributed by atoms with Crippen LogP contribution in [0.5, 0.6) is 11.5 Å². The number of nitrogens with zero attached hydrogens (tertiary/aromatic N) is 2. The molecule has 5 nitrogen and oxygen atoms in total. The van der Waals surface area contributed by atoms with Gasteiger partial charge >= 0.3 is 0 Å². The van der Waals surface area contributed by atoms with Gasteiger partial charge in [0.1, 0.15) is 0 Å². The molecule has 0 bridgehead atoms. The lowest BCUT2D eigenvalue weighted by Crippen LogP contribution is -2.47. The van der Waals surface area contributed by atoms with Crippen LogP contribution in [-0.2, 0) is 11.2 Å². The van der Waals surface area contributed by atoms with Crippen LogP contribution in [-0.4, -0.2) is 43.1 Å². The fraction of sp³-hybridized carbons (Fsp3) is 0.321. The van der Waals surface area contributed by atoms with E-state index in [1.165, 1.54) is 16.3 Å². The Morgan fingerprint density at radius 1 is 1.03 bits per heavy atom. The molecule has 0 aliphatic carbocycles. The van der Waals surface area contributed by atoms with Crippen molar-refractivity contribution in [1.82, 2.24) is 9.80 Å². The van der Waals surface area contributed by atoms with Gasteiger partial charge in [0.05, 0.1) is 26.8 Å². The Bertz CT molecular complexity index is 1180. The second-order valence-electron chi connectivity index (χ2n) is 8.50.